The molecular formula is C15H18N2O3. The second-order valence-corrected chi connectivity index (χ2v) is 4.37. The van der Waals surface area contributed by atoms with Gasteiger partial charge in [0.05, 0.1) is 18.8 Å². The van der Waals surface area contributed by atoms with Crippen molar-refractivity contribution >= 4 is 23.6 Å². The molecule has 0 spiro atoms. The van der Waals surface area contributed by atoms with Crippen LogP contribution in [0.3, 0.4) is 0 Å². The van der Waals surface area contributed by atoms with Gasteiger partial charge in [-0.05, 0) is 24.6 Å². The molecule has 0 aromatic heterocycles. The molecule has 5 heteroatoms. The zero-order valence-electron chi connectivity index (χ0n) is 11.5. The Labute approximate surface area is 118 Å². The number of anilines is 1. The summed E-state index contributed by atoms with van der Waals surface area (Å²) in [5, 5.41) is 3.04. The molecule has 1 fully saturated rings. The summed E-state index contributed by atoms with van der Waals surface area (Å²) in [7, 11) is 0. The Morgan fingerprint density at radius 2 is 2.25 bits per heavy atom. The molecule has 0 saturated carbocycles. The predicted octanol–water partition coefficient (Wildman–Crippen LogP) is 1.20. The van der Waals surface area contributed by atoms with E-state index in [0.717, 1.165) is 17.8 Å². The van der Waals surface area contributed by atoms with Crippen molar-refractivity contribution in [2.75, 3.05) is 31.1 Å². The van der Waals surface area contributed by atoms with E-state index in [1.54, 1.807) is 17.9 Å². The van der Waals surface area contributed by atoms with Crippen LogP contribution in [-0.4, -0.2) is 38.1 Å². The predicted molar refractivity (Wildman–Crippen MR) is 77.3 cm³/mol. The molecule has 0 unspecified atom stereocenters. The second kappa shape index (κ2) is 6.86. The van der Waals surface area contributed by atoms with Crippen LogP contribution in [0.4, 0.5) is 5.69 Å². The fourth-order valence-electron chi connectivity index (χ4n) is 2.08. The topological polar surface area (TPSA) is 58.6 Å². The Hall–Kier alpha value is -2.14. The highest BCUT2D eigenvalue weighted by atomic mass is 16.5. The summed E-state index contributed by atoms with van der Waals surface area (Å²) in [6.45, 7) is 3.85. The minimum absolute atomic E-state index is 0.0354. The first-order valence-electron chi connectivity index (χ1n) is 6.67. The van der Waals surface area contributed by atoms with Crippen molar-refractivity contribution in [2.45, 2.75) is 6.92 Å². The number of para-hydroxylation sites is 1. The largest absolute Gasteiger partial charge is 0.463 e. The standard InChI is InChI=1S/C15H18N2O3/c1-2-20-15(19)8-7-12-5-3-4-6-13(12)17-10-9-16-11-14(17)18/h3-8,16H,2,9-11H2,1H3/b8-7+. The average Bonchev–Trinajstić information content (AvgIpc) is 2.46. The lowest BCUT2D eigenvalue weighted by atomic mass is 10.1. The Morgan fingerprint density at radius 1 is 1.45 bits per heavy atom. The van der Waals surface area contributed by atoms with Crippen LogP contribution < -0.4 is 10.2 Å². The third-order valence-electron chi connectivity index (χ3n) is 3.00. The summed E-state index contributed by atoms with van der Waals surface area (Å²) in [5.74, 6) is -0.345. The Balaban J connectivity index is 2.21. The minimum atomic E-state index is -0.381. The van der Waals surface area contributed by atoms with Gasteiger partial charge in [0.25, 0.3) is 0 Å². The SMILES string of the molecule is CCOC(=O)/C=C/c1ccccc1N1CCNCC1=O. The molecular weight excluding hydrogens is 256 g/mol. The van der Waals surface area contributed by atoms with E-state index in [4.69, 9.17) is 4.74 Å². The highest BCUT2D eigenvalue weighted by Crippen LogP contribution is 2.22. The van der Waals surface area contributed by atoms with Gasteiger partial charge in [-0.3, -0.25) is 4.79 Å². The van der Waals surface area contributed by atoms with Crippen molar-refractivity contribution < 1.29 is 14.3 Å². The summed E-state index contributed by atoms with van der Waals surface area (Å²) < 4.78 is 4.85. The number of nitrogens with zero attached hydrogens (tertiary/aromatic N) is 1. The third-order valence-corrected chi connectivity index (χ3v) is 3.00. The van der Waals surface area contributed by atoms with Crippen molar-refractivity contribution in [2.24, 2.45) is 0 Å². The number of amides is 1. The number of esters is 1. The van der Waals surface area contributed by atoms with Crippen LogP contribution in [0.1, 0.15) is 12.5 Å². The average molecular weight is 274 g/mol. The lowest BCUT2D eigenvalue weighted by Crippen LogP contribution is -2.48. The zero-order valence-corrected chi connectivity index (χ0v) is 11.5. The number of rotatable bonds is 4. The van der Waals surface area contributed by atoms with E-state index in [0.29, 0.717) is 19.7 Å². The summed E-state index contributed by atoms with van der Waals surface area (Å²) in [6.07, 6.45) is 3.07. The summed E-state index contributed by atoms with van der Waals surface area (Å²) in [5.41, 5.74) is 1.65. The first-order valence-corrected chi connectivity index (χ1v) is 6.67. The van der Waals surface area contributed by atoms with Gasteiger partial charge >= 0.3 is 5.97 Å². The maximum Gasteiger partial charge on any atom is 0.330 e. The van der Waals surface area contributed by atoms with Crippen LogP contribution >= 0.6 is 0 Å². The van der Waals surface area contributed by atoms with E-state index in [-0.39, 0.29) is 11.9 Å². The zero-order chi connectivity index (χ0) is 14.4. The number of piperazine rings is 1. The highest BCUT2D eigenvalue weighted by molar-refractivity contribution is 5.98. The smallest absolute Gasteiger partial charge is 0.330 e. The number of ether oxygens (including phenoxy) is 1. The highest BCUT2D eigenvalue weighted by Gasteiger charge is 2.20. The van der Waals surface area contributed by atoms with Gasteiger partial charge in [-0.2, -0.15) is 0 Å². The van der Waals surface area contributed by atoms with E-state index in [9.17, 15) is 9.59 Å². The van der Waals surface area contributed by atoms with Crippen LogP contribution in [0.15, 0.2) is 30.3 Å². The van der Waals surface area contributed by atoms with Gasteiger partial charge in [0, 0.05) is 19.2 Å². The molecule has 0 radical (unpaired) electrons. The van der Waals surface area contributed by atoms with Crippen LogP contribution in [0.25, 0.3) is 6.08 Å². The number of benzene rings is 1. The van der Waals surface area contributed by atoms with Gasteiger partial charge in [0.2, 0.25) is 5.91 Å². The molecule has 1 N–H and O–H groups in total. The molecule has 0 aliphatic carbocycles. The molecule has 5 nitrogen and oxygen atoms in total. The van der Waals surface area contributed by atoms with Gasteiger partial charge in [0.15, 0.2) is 0 Å². The fourth-order valence-corrected chi connectivity index (χ4v) is 2.08. The number of hydrogen-bond donors (Lipinski definition) is 1. The molecule has 1 aromatic carbocycles. The lowest BCUT2D eigenvalue weighted by molar-refractivity contribution is -0.137. The molecule has 1 amide bonds. The van der Waals surface area contributed by atoms with E-state index < -0.39 is 0 Å². The number of carbonyl (C=O) groups excluding carboxylic acids is 2. The molecule has 1 heterocycles. The van der Waals surface area contributed by atoms with Gasteiger partial charge in [-0.25, -0.2) is 4.79 Å². The number of nitrogens with one attached hydrogen (secondary N) is 1. The summed E-state index contributed by atoms with van der Waals surface area (Å²) in [6, 6.07) is 7.52. The molecule has 0 atom stereocenters. The first kappa shape index (κ1) is 14.3. The van der Waals surface area contributed by atoms with Crippen molar-refractivity contribution in [1.82, 2.24) is 5.32 Å². The molecule has 1 aliphatic rings. The van der Waals surface area contributed by atoms with Crippen molar-refractivity contribution in [3.05, 3.63) is 35.9 Å². The van der Waals surface area contributed by atoms with Crippen LogP contribution in [-0.2, 0) is 14.3 Å². The maximum absolute atomic E-state index is 11.9. The van der Waals surface area contributed by atoms with Crippen molar-refractivity contribution in [1.29, 1.82) is 0 Å². The van der Waals surface area contributed by atoms with Crippen LogP contribution in [0.2, 0.25) is 0 Å². The first-order chi connectivity index (χ1) is 9.72. The Kier molecular flexibility index (Phi) is 4.90. The maximum atomic E-state index is 11.9. The van der Waals surface area contributed by atoms with Gasteiger partial charge in [-0.15, -0.1) is 0 Å². The van der Waals surface area contributed by atoms with Gasteiger partial charge in [0.1, 0.15) is 0 Å². The van der Waals surface area contributed by atoms with Gasteiger partial charge < -0.3 is 15.0 Å². The molecule has 20 heavy (non-hydrogen) atoms. The molecule has 1 aromatic rings. The third kappa shape index (κ3) is 3.45. The summed E-state index contributed by atoms with van der Waals surface area (Å²) >= 11 is 0. The normalized spacial score (nSPS) is 15.7. The summed E-state index contributed by atoms with van der Waals surface area (Å²) in [4.78, 5) is 25.0. The Bertz CT molecular complexity index is 526. The van der Waals surface area contributed by atoms with E-state index in [2.05, 4.69) is 5.32 Å². The molecule has 0 bridgehead atoms. The molecule has 106 valence electrons. The van der Waals surface area contributed by atoms with Crippen molar-refractivity contribution in [3.63, 3.8) is 0 Å². The van der Waals surface area contributed by atoms with E-state index in [1.807, 2.05) is 24.3 Å². The second-order valence-electron chi connectivity index (χ2n) is 4.37. The lowest BCUT2D eigenvalue weighted by Gasteiger charge is -2.28. The van der Waals surface area contributed by atoms with E-state index in [1.165, 1.54) is 6.08 Å². The number of hydrogen-bond acceptors (Lipinski definition) is 4. The van der Waals surface area contributed by atoms with Crippen molar-refractivity contribution in [3.8, 4) is 0 Å². The van der Waals surface area contributed by atoms with Crippen LogP contribution in [0.5, 0.6) is 0 Å². The minimum Gasteiger partial charge on any atom is -0.463 e. The molecule has 1 aliphatic heterocycles. The Morgan fingerprint density at radius 3 is 3.00 bits per heavy atom. The fraction of sp³-hybridized carbons (Fsp3) is 0.333. The molecule has 1 saturated heterocycles. The van der Waals surface area contributed by atoms with E-state index >= 15 is 0 Å². The number of carbonyl (C=O) groups is 2. The monoisotopic (exact) mass is 274 g/mol. The quantitative estimate of drug-likeness (QED) is 0.662. The van der Waals surface area contributed by atoms with Gasteiger partial charge in [-0.1, -0.05) is 18.2 Å². The van der Waals surface area contributed by atoms with Crippen LogP contribution in [0, 0.1) is 0 Å². The molecule has 2 rings (SSSR count).